The Morgan fingerprint density at radius 1 is 1.14 bits per heavy atom. The molecule has 1 amide bonds. The molecule has 0 radical (unpaired) electrons. The van der Waals surface area contributed by atoms with E-state index < -0.39 is 12.2 Å². The quantitative estimate of drug-likeness (QED) is 0.453. The molecule has 3 aliphatic rings. The summed E-state index contributed by atoms with van der Waals surface area (Å²) in [6.45, 7) is 3.86. The van der Waals surface area contributed by atoms with Crippen molar-refractivity contribution in [1.29, 1.82) is 0 Å². The number of ether oxygens (including phenoxy) is 2. The van der Waals surface area contributed by atoms with Gasteiger partial charge in [0, 0.05) is 24.8 Å². The van der Waals surface area contributed by atoms with E-state index in [2.05, 4.69) is 24.9 Å². The number of anilines is 3. The van der Waals surface area contributed by atoms with Crippen LogP contribution in [0.2, 0.25) is 5.02 Å². The monoisotopic (exact) mass is 532 g/mol. The van der Waals surface area contributed by atoms with Gasteiger partial charge in [-0.15, -0.1) is 0 Å². The topological polar surface area (TPSA) is 92.7 Å². The Kier molecular flexibility index (Phi) is 6.65. The van der Waals surface area contributed by atoms with Crippen LogP contribution >= 0.6 is 11.6 Å². The van der Waals surface area contributed by atoms with Gasteiger partial charge in [-0.2, -0.15) is 8.78 Å². The minimum Gasteiger partial charge on any atom is -0.444 e. The summed E-state index contributed by atoms with van der Waals surface area (Å²) < 4.78 is 35.1. The molecular formula is C25H27ClF2N6O3. The van der Waals surface area contributed by atoms with E-state index in [1.165, 1.54) is 18.5 Å². The van der Waals surface area contributed by atoms with E-state index in [-0.39, 0.29) is 28.9 Å². The number of halogens is 3. The van der Waals surface area contributed by atoms with Gasteiger partial charge in [0.25, 0.3) is 0 Å². The molecule has 2 bridgehead atoms. The van der Waals surface area contributed by atoms with Crippen molar-refractivity contribution < 1.29 is 23.0 Å². The van der Waals surface area contributed by atoms with E-state index in [1.807, 2.05) is 37.8 Å². The van der Waals surface area contributed by atoms with Gasteiger partial charge in [-0.25, -0.2) is 19.7 Å². The van der Waals surface area contributed by atoms with Crippen LogP contribution in [0.5, 0.6) is 5.75 Å². The molecule has 0 saturated carbocycles. The number of hydrogen-bond donors (Lipinski definition) is 1. The van der Waals surface area contributed by atoms with E-state index >= 15 is 0 Å². The van der Waals surface area contributed by atoms with E-state index in [0.717, 1.165) is 18.7 Å². The zero-order valence-corrected chi connectivity index (χ0v) is 21.4. The number of nitrogens with one attached hydrogen (secondary N) is 1. The normalized spacial score (nSPS) is 19.4. The van der Waals surface area contributed by atoms with Crippen LogP contribution in [0.3, 0.4) is 0 Å². The van der Waals surface area contributed by atoms with Gasteiger partial charge in [-0.1, -0.05) is 11.6 Å². The molecule has 37 heavy (non-hydrogen) atoms. The lowest BCUT2D eigenvalue weighted by molar-refractivity contribution is -0.0497. The second-order valence-corrected chi connectivity index (χ2v) is 10.5. The molecule has 2 unspecified atom stereocenters. The van der Waals surface area contributed by atoms with Gasteiger partial charge in [0.1, 0.15) is 29.0 Å². The van der Waals surface area contributed by atoms with Crippen molar-refractivity contribution in [2.75, 3.05) is 23.3 Å². The van der Waals surface area contributed by atoms with Crippen molar-refractivity contribution in [1.82, 2.24) is 19.9 Å². The number of amides is 1. The summed E-state index contributed by atoms with van der Waals surface area (Å²) in [5.74, 6) is 1.10. The highest BCUT2D eigenvalue weighted by molar-refractivity contribution is 6.32. The first-order valence-electron chi connectivity index (χ1n) is 12.0. The van der Waals surface area contributed by atoms with Gasteiger partial charge in [-0.3, -0.25) is 0 Å². The maximum Gasteiger partial charge on any atom is 0.410 e. The third kappa shape index (κ3) is 5.46. The summed E-state index contributed by atoms with van der Waals surface area (Å²) in [4.78, 5) is 30.3. The Balaban J connectivity index is 1.37. The fourth-order valence-electron chi connectivity index (χ4n) is 4.74. The summed E-state index contributed by atoms with van der Waals surface area (Å²) in [5, 5.41) is 3.19. The Morgan fingerprint density at radius 2 is 1.92 bits per heavy atom. The Hall–Kier alpha value is -3.47. The highest BCUT2D eigenvalue weighted by Crippen LogP contribution is 2.35. The number of benzene rings is 1. The van der Waals surface area contributed by atoms with Crippen LogP contribution < -0.4 is 15.0 Å². The summed E-state index contributed by atoms with van der Waals surface area (Å²) in [6, 6.07) is 8.36. The van der Waals surface area contributed by atoms with Crippen molar-refractivity contribution >= 4 is 46.1 Å². The minimum absolute atomic E-state index is 0.0381. The highest BCUT2D eigenvalue weighted by atomic mass is 35.5. The first-order chi connectivity index (χ1) is 17.6. The number of nitrogens with zero attached hydrogens (tertiary/aromatic N) is 5. The number of carbonyl (C=O) groups is 1. The summed E-state index contributed by atoms with van der Waals surface area (Å²) in [5.41, 5.74) is 1.18. The zero-order valence-electron chi connectivity index (χ0n) is 20.6. The number of piperazine rings is 1. The molecule has 9 nitrogen and oxygen atoms in total. The lowest BCUT2D eigenvalue weighted by Crippen LogP contribution is -2.64. The maximum atomic E-state index is 12.7. The van der Waals surface area contributed by atoms with Crippen LogP contribution in [0.15, 0.2) is 36.7 Å². The number of carbonyl (C=O) groups excluding carboxylic acids is 1. The van der Waals surface area contributed by atoms with Crippen LogP contribution in [0.1, 0.15) is 33.6 Å². The van der Waals surface area contributed by atoms with Crippen LogP contribution in [-0.4, -0.2) is 63.3 Å². The van der Waals surface area contributed by atoms with Gasteiger partial charge < -0.3 is 24.6 Å². The summed E-state index contributed by atoms with van der Waals surface area (Å²) in [6.07, 6.45) is 3.00. The van der Waals surface area contributed by atoms with Crippen molar-refractivity contribution in [3.05, 3.63) is 41.7 Å². The molecule has 2 aromatic heterocycles. The fourth-order valence-corrected chi connectivity index (χ4v) is 4.97. The van der Waals surface area contributed by atoms with Gasteiger partial charge >= 0.3 is 12.7 Å². The molecule has 1 aromatic carbocycles. The maximum absolute atomic E-state index is 12.7. The number of fused-ring (bicyclic) bond motifs is 4. The number of piperidine rings is 2. The Morgan fingerprint density at radius 3 is 2.59 bits per heavy atom. The molecule has 5 heterocycles. The average molecular weight is 533 g/mol. The lowest BCUT2D eigenvalue weighted by Gasteiger charge is -2.51. The molecule has 6 rings (SSSR count). The van der Waals surface area contributed by atoms with Crippen molar-refractivity contribution in [3.63, 3.8) is 0 Å². The molecule has 3 aromatic rings. The van der Waals surface area contributed by atoms with Crippen molar-refractivity contribution in [3.8, 4) is 5.75 Å². The molecule has 1 N–H and O–H groups in total. The van der Waals surface area contributed by atoms with Gasteiger partial charge in [0.2, 0.25) is 0 Å². The second kappa shape index (κ2) is 9.77. The van der Waals surface area contributed by atoms with Crippen molar-refractivity contribution in [2.45, 2.75) is 57.9 Å². The largest absolute Gasteiger partial charge is 0.444 e. The van der Waals surface area contributed by atoms with Gasteiger partial charge in [-0.05, 0) is 63.9 Å². The Bertz CT molecular complexity index is 1320. The van der Waals surface area contributed by atoms with E-state index in [4.69, 9.17) is 21.3 Å². The molecule has 3 aliphatic heterocycles. The van der Waals surface area contributed by atoms with Crippen LogP contribution in [0.25, 0.3) is 11.0 Å². The van der Waals surface area contributed by atoms with Crippen molar-refractivity contribution in [2.24, 2.45) is 0 Å². The minimum atomic E-state index is -2.97. The van der Waals surface area contributed by atoms with Crippen LogP contribution in [0, 0.1) is 0 Å². The van der Waals surface area contributed by atoms with Crippen LogP contribution in [-0.2, 0) is 4.74 Å². The standard InChI is InChI=1S/C25H27ClF2N6O3/c1-25(2,3)37-24(35)34-12-15-5-6-16(34)11-33(15)20-9-7-18-21(32-20)22(30-13-29-18)31-14-4-8-19(17(26)10-14)36-23(27)28/h4,7-10,13,15-16,23H,5-6,11-12H2,1-3H3,(H,29,30,31). The van der Waals surface area contributed by atoms with E-state index in [0.29, 0.717) is 35.6 Å². The molecule has 2 atom stereocenters. The average Bonchev–Trinajstić information content (AvgIpc) is 2.84. The van der Waals surface area contributed by atoms with Gasteiger partial charge in [0.05, 0.1) is 16.6 Å². The predicted molar refractivity (Wildman–Crippen MR) is 136 cm³/mol. The number of aromatic nitrogens is 3. The smallest absolute Gasteiger partial charge is 0.410 e. The van der Waals surface area contributed by atoms with E-state index in [1.54, 1.807) is 6.07 Å². The first kappa shape index (κ1) is 25.2. The number of alkyl halides is 2. The summed E-state index contributed by atoms with van der Waals surface area (Å²) in [7, 11) is 0. The summed E-state index contributed by atoms with van der Waals surface area (Å²) >= 11 is 6.10. The molecule has 3 fully saturated rings. The molecular weight excluding hydrogens is 506 g/mol. The number of pyridine rings is 1. The Labute approximate surface area is 217 Å². The third-order valence-corrected chi connectivity index (χ3v) is 6.63. The second-order valence-electron chi connectivity index (χ2n) is 10.1. The fraction of sp³-hybridized carbons (Fsp3) is 0.440. The molecule has 0 spiro atoms. The molecule has 196 valence electrons. The molecule has 3 saturated heterocycles. The number of rotatable bonds is 5. The molecule has 12 heteroatoms. The third-order valence-electron chi connectivity index (χ3n) is 6.33. The molecule has 0 aliphatic carbocycles. The van der Waals surface area contributed by atoms with Gasteiger partial charge in [0.15, 0.2) is 5.82 Å². The lowest BCUT2D eigenvalue weighted by atomic mass is 9.91. The number of hydrogen-bond acceptors (Lipinski definition) is 8. The van der Waals surface area contributed by atoms with Crippen LogP contribution in [0.4, 0.5) is 30.9 Å². The first-order valence-corrected chi connectivity index (χ1v) is 12.3. The SMILES string of the molecule is CC(C)(C)OC(=O)N1CC2CCC1CN2c1ccc2ncnc(Nc3ccc(OC(F)F)c(Cl)c3)c2n1. The highest BCUT2D eigenvalue weighted by Gasteiger charge is 2.43. The predicted octanol–water partition coefficient (Wildman–Crippen LogP) is 5.61. The van der Waals surface area contributed by atoms with E-state index in [9.17, 15) is 13.6 Å². The zero-order chi connectivity index (χ0) is 26.3.